The Morgan fingerprint density at radius 3 is 2.56 bits per heavy atom. The van der Waals surface area contributed by atoms with Crippen molar-refractivity contribution in [3.8, 4) is 6.01 Å². The zero-order chi connectivity index (χ0) is 27.7. The predicted molar refractivity (Wildman–Crippen MR) is 138 cm³/mol. The van der Waals surface area contributed by atoms with Crippen LogP contribution in [0.5, 0.6) is 6.01 Å². The summed E-state index contributed by atoms with van der Waals surface area (Å²) in [5, 5.41) is 0. The number of benzene rings is 1. The third-order valence-electron chi connectivity index (χ3n) is 7.78. The Balaban J connectivity index is 1.45. The number of rotatable bonds is 6. The van der Waals surface area contributed by atoms with Crippen molar-refractivity contribution in [2.24, 2.45) is 0 Å². The number of carbonyl (C=O) groups is 1. The second kappa shape index (κ2) is 11.0. The summed E-state index contributed by atoms with van der Waals surface area (Å²) in [6.07, 6.45) is -1.07. The molecule has 0 spiro atoms. The Morgan fingerprint density at radius 2 is 1.90 bits per heavy atom. The fourth-order valence-corrected chi connectivity index (χ4v) is 5.61. The van der Waals surface area contributed by atoms with Crippen LogP contribution in [-0.2, 0) is 23.9 Å². The first-order valence-corrected chi connectivity index (χ1v) is 13.2. The molecule has 0 radical (unpaired) electrons. The third-order valence-corrected chi connectivity index (χ3v) is 7.78. The molecule has 39 heavy (non-hydrogen) atoms. The summed E-state index contributed by atoms with van der Waals surface area (Å²) >= 11 is 0. The zero-order valence-electron chi connectivity index (χ0n) is 21.9. The average Bonchev–Trinajstić information content (AvgIpc) is 3.34. The molecule has 0 saturated carbocycles. The highest BCUT2D eigenvalue weighted by Gasteiger charge is 2.39. The maximum atomic E-state index is 14.3. The molecule has 1 unspecified atom stereocenters. The monoisotopic (exact) mass is 548 g/mol. The van der Waals surface area contributed by atoms with Crippen LogP contribution in [0.25, 0.3) is 0 Å². The molecule has 4 heterocycles. The van der Waals surface area contributed by atoms with Crippen molar-refractivity contribution in [1.82, 2.24) is 19.8 Å². The lowest BCUT2D eigenvalue weighted by Gasteiger charge is -2.38. The van der Waals surface area contributed by atoms with Gasteiger partial charge in [-0.25, -0.2) is 4.39 Å². The van der Waals surface area contributed by atoms with Gasteiger partial charge in [-0.3, -0.25) is 4.79 Å². The number of likely N-dealkylation sites (tertiary alicyclic amines) is 1. The van der Waals surface area contributed by atoms with Gasteiger partial charge in [0.1, 0.15) is 23.8 Å². The molecule has 210 valence electrons. The average molecular weight is 549 g/mol. The number of halogens is 4. The van der Waals surface area contributed by atoms with Crippen molar-refractivity contribution < 1.29 is 27.1 Å². The van der Waals surface area contributed by atoms with Crippen LogP contribution in [0, 0.1) is 5.82 Å². The lowest BCUT2D eigenvalue weighted by molar-refractivity contribution is -0.139. The number of piperazine rings is 1. The van der Waals surface area contributed by atoms with Crippen molar-refractivity contribution in [1.29, 1.82) is 0 Å². The molecule has 0 aliphatic carbocycles. The van der Waals surface area contributed by atoms with Crippen molar-refractivity contribution in [3.63, 3.8) is 0 Å². The van der Waals surface area contributed by atoms with E-state index in [1.54, 1.807) is 4.90 Å². The van der Waals surface area contributed by atoms with Gasteiger partial charge in [-0.2, -0.15) is 23.1 Å². The first kappa shape index (κ1) is 27.2. The summed E-state index contributed by atoms with van der Waals surface area (Å²) < 4.78 is 61.7. The number of aromatic nitrogens is 2. The highest BCUT2D eigenvalue weighted by Crippen LogP contribution is 2.40. The number of carbonyl (C=O) groups excluding carboxylic acids is 1. The summed E-state index contributed by atoms with van der Waals surface area (Å²) in [5.41, 5.74) is -0.0838. The summed E-state index contributed by atoms with van der Waals surface area (Å²) in [5.74, 6) is -0.753. The number of ether oxygens (including phenoxy) is 1. The maximum absolute atomic E-state index is 14.3. The third kappa shape index (κ3) is 5.66. The topological polar surface area (TPSA) is 65.0 Å². The first-order chi connectivity index (χ1) is 18.7. The van der Waals surface area contributed by atoms with E-state index in [2.05, 4.69) is 21.4 Å². The Kier molecular flexibility index (Phi) is 7.66. The predicted octanol–water partition coefficient (Wildman–Crippen LogP) is 3.50. The number of amides is 1. The van der Waals surface area contributed by atoms with Gasteiger partial charge in [0.25, 0.3) is 0 Å². The van der Waals surface area contributed by atoms with Crippen molar-refractivity contribution in [2.45, 2.75) is 38.0 Å². The lowest BCUT2D eigenvalue weighted by Crippen LogP contribution is -2.49. The molecule has 2 fully saturated rings. The van der Waals surface area contributed by atoms with Gasteiger partial charge in [0.15, 0.2) is 0 Å². The molecular weight excluding hydrogens is 516 g/mol. The molecule has 3 aliphatic heterocycles. The minimum Gasteiger partial charge on any atom is -0.462 e. The van der Waals surface area contributed by atoms with Crippen LogP contribution < -0.4 is 14.5 Å². The Bertz CT molecular complexity index is 1230. The minimum atomic E-state index is -4.83. The molecule has 5 rings (SSSR count). The van der Waals surface area contributed by atoms with Gasteiger partial charge >= 0.3 is 12.2 Å². The molecule has 1 amide bonds. The second-order valence-electron chi connectivity index (χ2n) is 10.2. The largest absolute Gasteiger partial charge is 0.462 e. The standard InChI is InChI=1S/C27H32F4N6O2/c1-3-23(38)35-12-14-36(15-13-35)25-19-9-11-37(22-8-4-7-20(28)24(22)27(29,30)31)16-21(19)32-26(33-25)39-17-18-6-5-10-34(18)2/h3-4,7-8,18H,1,5-6,9-17H2,2H3. The highest BCUT2D eigenvalue weighted by molar-refractivity contribution is 5.87. The van der Waals surface area contributed by atoms with E-state index in [1.165, 1.54) is 23.1 Å². The quantitative estimate of drug-likeness (QED) is 0.405. The van der Waals surface area contributed by atoms with Crippen LogP contribution in [0.4, 0.5) is 29.1 Å². The molecule has 1 aromatic heterocycles. The van der Waals surface area contributed by atoms with E-state index in [4.69, 9.17) is 9.72 Å². The molecule has 1 aromatic carbocycles. The van der Waals surface area contributed by atoms with E-state index in [1.807, 2.05) is 7.05 Å². The van der Waals surface area contributed by atoms with Gasteiger partial charge < -0.3 is 24.3 Å². The minimum absolute atomic E-state index is 0.0615. The van der Waals surface area contributed by atoms with Crippen molar-refractivity contribution in [2.75, 3.05) is 62.7 Å². The Labute approximate surface area is 224 Å². The fraction of sp³-hybridized carbons (Fsp3) is 0.519. The number of anilines is 2. The van der Waals surface area contributed by atoms with Crippen molar-refractivity contribution >= 4 is 17.4 Å². The highest BCUT2D eigenvalue weighted by atomic mass is 19.4. The van der Waals surface area contributed by atoms with E-state index in [0.717, 1.165) is 31.0 Å². The second-order valence-corrected chi connectivity index (χ2v) is 10.2. The SMILES string of the molecule is C=CC(=O)N1CCN(c2nc(OCC3CCCN3C)nc3c2CCN(c2cccc(F)c2C(F)(F)F)C3)CC1. The maximum Gasteiger partial charge on any atom is 0.421 e. The number of fused-ring (bicyclic) bond motifs is 1. The van der Waals surface area contributed by atoms with Crippen LogP contribution in [0.15, 0.2) is 30.9 Å². The van der Waals surface area contributed by atoms with Crippen LogP contribution in [0.2, 0.25) is 0 Å². The van der Waals surface area contributed by atoms with E-state index in [0.29, 0.717) is 50.7 Å². The normalized spacial score (nSPS) is 20.2. The van der Waals surface area contributed by atoms with E-state index >= 15 is 0 Å². The number of hydrogen-bond acceptors (Lipinski definition) is 7. The smallest absolute Gasteiger partial charge is 0.421 e. The summed E-state index contributed by atoms with van der Waals surface area (Å²) in [6, 6.07) is 3.82. The van der Waals surface area contributed by atoms with E-state index in [9.17, 15) is 22.4 Å². The number of alkyl halides is 3. The molecule has 1 atom stereocenters. The zero-order valence-corrected chi connectivity index (χ0v) is 21.9. The molecule has 12 heteroatoms. The van der Waals surface area contributed by atoms with Gasteiger partial charge in [-0.1, -0.05) is 12.6 Å². The van der Waals surface area contributed by atoms with E-state index < -0.39 is 17.6 Å². The van der Waals surface area contributed by atoms with Gasteiger partial charge in [0, 0.05) is 44.3 Å². The van der Waals surface area contributed by atoms with Gasteiger partial charge in [0.2, 0.25) is 5.91 Å². The van der Waals surface area contributed by atoms with E-state index in [-0.39, 0.29) is 36.7 Å². The molecular formula is C27H32F4N6O2. The molecule has 2 aromatic rings. The van der Waals surface area contributed by atoms with Crippen LogP contribution in [0.3, 0.4) is 0 Å². The number of nitrogens with zero attached hydrogens (tertiary/aromatic N) is 6. The first-order valence-electron chi connectivity index (χ1n) is 13.2. The molecule has 2 saturated heterocycles. The molecule has 0 bridgehead atoms. The van der Waals surface area contributed by atoms with Crippen LogP contribution >= 0.6 is 0 Å². The van der Waals surface area contributed by atoms with Crippen LogP contribution in [-0.4, -0.2) is 84.6 Å². The summed E-state index contributed by atoms with van der Waals surface area (Å²) in [4.78, 5) is 29.0. The molecule has 0 N–H and O–H groups in total. The Morgan fingerprint density at radius 1 is 1.13 bits per heavy atom. The summed E-state index contributed by atoms with van der Waals surface area (Å²) in [6.45, 7) is 7.33. The number of hydrogen-bond donors (Lipinski definition) is 0. The van der Waals surface area contributed by atoms with Gasteiger partial charge in [0.05, 0.1) is 17.9 Å². The van der Waals surface area contributed by atoms with Gasteiger partial charge in [-0.15, -0.1) is 0 Å². The van der Waals surface area contributed by atoms with Crippen molar-refractivity contribution in [3.05, 3.63) is 53.5 Å². The lowest BCUT2D eigenvalue weighted by atomic mass is 10.0. The molecule has 8 nitrogen and oxygen atoms in total. The number of likely N-dealkylation sites (N-methyl/N-ethyl adjacent to an activating group) is 1. The fourth-order valence-electron chi connectivity index (χ4n) is 5.61. The molecule has 3 aliphatic rings. The van der Waals surface area contributed by atoms with Gasteiger partial charge in [-0.05, 0) is 51.1 Å². The van der Waals surface area contributed by atoms with Crippen LogP contribution in [0.1, 0.15) is 29.7 Å². The Hall–Kier alpha value is -3.41. The summed E-state index contributed by atoms with van der Waals surface area (Å²) in [7, 11) is 2.04.